The van der Waals surface area contributed by atoms with Crippen molar-refractivity contribution in [3.8, 4) is 0 Å². The first-order chi connectivity index (χ1) is 14.7. The highest BCUT2D eigenvalue weighted by atomic mass is 16.6. The number of benzene rings is 2. The zero-order valence-corrected chi connectivity index (χ0v) is 20.6. The molecule has 0 fully saturated rings. The molecule has 1 unspecified atom stereocenters. The predicted molar refractivity (Wildman–Crippen MR) is 130 cm³/mol. The summed E-state index contributed by atoms with van der Waals surface area (Å²) >= 11 is 0. The maximum Gasteiger partial charge on any atom is 0.415 e. The monoisotopic (exact) mass is 436 g/mol. The zero-order valence-electron chi connectivity index (χ0n) is 20.6. The molecule has 0 saturated heterocycles. The van der Waals surface area contributed by atoms with Crippen LogP contribution in [0.1, 0.15) is 76.3 Å². The number of amides is 2. The van der Waals surface area contributed by atoms with Gasteiger partial charge < -0.3 is 10.1 Å². The van der Waals surface area contributed by atoms with E-state index in [0.717, 1.165) is 40.0 Å². The SMILES string of the molecule is Cc1cc(C2Cc3ccccc3N2C(=O)OC(C)(C)C)cc(C)c1NC(=O)CC(C)(C)C. The van der Waals surface area contributed by atoms with Gasteiger partial charge >= 0.3 is 6.09 Å². The minimum absolute atomic E-state index is 0.0140. The third kappa shape index (κ3) is 5.50. The summed E-state index contributed by atoms with van der Waals surface area (Å²) in [7, 11) is 0. The summed E-state index contributed by atoms with van der Waals surface area (Å²) in [5.74, 6) is 0.0140. The summed E-state index contributed by atoms with van der Waals surface area (Å²) in [6.07, 6.45) is 0.840. The van der Waals surface area contributed by atoms with E-state index in [1.807, 2.05) is 52.8 Å². The van der Waals surface area contributed by atoms with Crippen molar-refractivity contribution in [2.45, 2.75) is 79.9 Å². The molecule has 0 aromatic heterocycles. The van der Waals surface area contributed by atoms with E-state index in [9.17, 15) is 9.59 Å². The Bertz CT molecular complexity index is 1000. The number of carbonyl (C=O) groups is 2. The number of carbonyl (C=O) groups excluding carboxylic acids is 2. The second-order valence-corrected chi connectivity index (χ2v) is 11.0. The number of hydrogen-bond donors (Lipinski definition) is 1. The van der Waals surface area contributed by atoms with Crippen molar-refractivity contribution in [2.75, 3.05) is 10.2 Å². The summed E-state index contributed by atoms with van der Waals surface area (Å²) in [6, 6.07) is 12.0. The molecule has 0 radical (unpaired) electrons. The third-order valence-electron chi connectivity index (χ3n) is 5.46. The molecule has 32 heavy (non-hydrogen) atoms. The van der Waals surface area contributed by atoms with Crippen LogP contribution in [0.3, 0.4) is 0 Å². The molecule has 2 amide bonds. The largest absolute Gasteiger partial charge is 0.443 e. The van der Waals surface area contributed by atoms with E-state index in [1.54, 1.807) is 4.90 Å². The normalized spacial score (nSPS) is 16.0. The van der Waals surface area contributed by atoms with Crippen LogP contribution in [0.15, 0.2) is 36.4 Å². The lowest BCUT2D eigenvalue weighted by Gasteiger charge is -2.30. The molecule has 1 aliphatic heterocycles. The Morgan fingerprint density at radius 1 is 1.03 bits per heavy atom. The quantitative estimate of drug-likeness (QED) is 0.581. The molecular weight excluding hydrogens is 400 g/mol. The van der Waals surface area contributed by atoms with Crippen LogP contribution in [-0.4, -0.2) is 17.6 Å². The first-order valence-electron chi connectivity index (χ1n) is 11.3. The average molecular weight is 437 g/mol. The van der Waals surface area contributed by atoms with Gasteiger partial charge in [-0.25, -0.2) is 4.79 Å². The molecule has 1 aliphatic rings. The Labute approximate surface area is 192 Å². The Kier molecular flexibility index (Phi) is 6.41. The first-order valence-corrected chi connectivity index (χ1v) is 11.3. The molecule has 172 valence electrons. The minimum Gasteiger partial charge on any atom is -0.443 e. The number of aryl methyl sites for hydroxylation is 2. The maximum absolute atomic E-state index is 13.2. The Morgan fingerprint density at radius 3 is 2.19 bits per heavy atom. The van der Waals surface area contributed by atoms with Gasteiger partial charge in [0.15, 0.2) is 0 Å². The molecule has 1 atom stereocenters. The molecule has 2 aromatic rings. The molecule has 5 nitrogen and oxygen atoms in total. The van der Waals surface area contributed by atoms with Crippen molar-refractivity contribution in [3.63, 3.8) is 0 Å². The molecule has 2 aromatic carbocycles. The van der Waals surface area contributed by atoms with Crippen LogP contribution in [0.25, 0.3) is 0 Å². The molecular formula is C27H36N2O3. The van der Waals surface area contributed by atoms with E-state index >= 15 is 0 Å². The number of ether oxygens (including phenoxy) is 1. The average Bonchev–Trinajstić information content (AvgIpc) is 3.01. The van der Waals surface area contributed by atoms with Crippen LogP contribution in [-0.2, 0) is 16.0 Å². The van der Waals surface area contributed by atoms with Gasteiger partial charge in [-0.3, -0.25) is 9.69 Å². The van der Waals surface area contributed by atoms with Crippen LogP contribution in [0.2, 0.25) is 0 Å². The molecule has 5 heteroatoms. The Hall–Kier alpha value is -2.82. The summed E-state index contributed by atoms with van der Waals surface area (Å²) in [6.45, 7) is 15.8. The number of fused-ring (bicyclic) bond motifs is 1. The summed E-state index contributed by atoms with van der Waals surface area (Å²) in [5, 5.41) is 3.09. The summed E-state index contributed by atoms with van der Waals surface area (Å²) in [5.41, 5.74) is 5.23. The fraction of sp³-hybridized carbons (Fsp3) is 0.481. The van der Waals surface area contributed by atoms with Crippen molar-refractivity contribution >= 4 is 23.4 Å². The Balaban J connectivity index is 1.94. The van der Waals surface area contributed by atoms with Crippen LogP contribution >= 0.6 is 0 Å². The van der Waals surface area contributed by atoms with Crippen molar-refractivity contribution < 1.29 is 14.3 Å². The lowest BCUT2D eigenvalue weighted by molar-refractivity contribution is -0.117. The third-order valence-corrected chi connectivity index (χ3v) is 5.46. The lowest BCUT2D eigenvalue weighted by Crippen LogP contribution is -2.37. The standard InChI is InChI=1S/C27H36N2O3/c1-17-13-20(14-18(2)24(17)28-23(30)16-26(3,4)5)22-15-19-11-9-10-12-21(19)29(22)25(31)32-27(6,7)8/h9-14,22H,15-16H2,1-8H3,(H,28,30). The molecule has 0 aliphatic carbocycles. The van der Waals surface area contributed by atoms with Gasteiger partial charge in [0.2, 0.25) is 5.91 Å². The fourth-order valence-electron chi connectivity index (χ4n) is 4.24. The molecule has 0 bridgehead atoms. The van der Waals surface area contributed by atoms with Gasteiger partial charge in [-0.2, -0.15) is 0 Å². The number of nitrogens with one attached hydrogen (secondary N) is 1. The van der Waals surface area contributed by atoms with Gasteiger partial charge in [-0.15, -0.1) is 0 Å². The first kappa shape index (κ1) is 23.8. The highest BCUT2D eigenvalue weighted by Gasteiger charge is 2.37. The van der Waals surface area contributed by atoms with E-state index in [0.29, 0.717) is 6.42 Å². The van der Waals surface area contributed by atoms with Crippen molar-refractivity contribution in [3.05, 3.63) is 58.7 Å². The van der Waals surface area contributed by atoms with Crippen molar-refractivity contribution in [1.82, 2.24) is 0 Å². The van der Waals surface area contributed by atoms with Gasteiger partial charge in [0, 0.05) is 12.1 Å². The second-order valence-electron chi connectivity index (χ2n) is 11.0. The second kappa shape index (κ2) is 8.61. The summed E-state index contributed by atoms with van der Waals surface area (Å²) in [4.78, 5) is 27.5. The van der Waals surface area contributed by atoms with Crippen molar-refractivity contribution in [1.29, 1.82) is 0 Å². The molecule has 1 N–H and O–H groups in total. The molecule has 0 spiro atoms. The highest BCUT2D eigenvalue weighted by molar-refractivity contribution is 5.94. The van der Waals surface area contributed by atoms with Gasteiger partial charge in [-0.1, -0.05) is 51.1 Å². The van der Waals surface area contributed by atoms with Crippen LogP contribution < -0.4 is 10.2 Å². The predicted octanol–water partition coefficient (Wildman–Crippen LogP) is 6.72. The van der Waals surface area contributed by atoms with E-state index in [4.69, 9.17) is 4.74 Å². The van der Waals surface area contributed by atoms with E-state index in [-0.39, 0.29) is 23.5 Å². The molecule has 1 heterocycles. The number of rotatable bonds is 3. The minimum atomic E-state index is -0.577. The van der Waals surface area contributed by atoms with Crippen molar-refractivity contribution in [2.24, 2.45) is 5.41 Å². The lowest BCUT2D eigenvalue weighted by atomic mass is 9.91. The highest BCUT2D eigenvalue weighted by Crippen LogP contribution is 2.42. The zero-order chi connectivity index (χ0) is 23.8. The molecule has 3 rings (SSSR count). The Morgan fingerprint density at radius 2 is 1.62 bits per heavy atom. The number of anilines is 2. The van der Waals surface area contributed by atoms with Crippen LogP contribution in [0.5, 0.6) is 0 Å². The summed E-state index contributed by atoms with van der Waals surface area (Å²) < 4.78 is 5.74. The number of nitrogens with zero attached hydrogens (tertiary/aromatic N) is 1. The smallest absolute Gasteiger partial charge is 0.415 e. The molecule has 0 saturated carbocycles. The van der Waals surface area contributed by atoms with Gasteiger partial charge in [0.25, 0.3) is 0 Å². The number of para-hydroxylation sites is 1. The van der Waals surface area contributed by atoms with E-state index in [1.165, 1.54) is 0 Å². The van der Waals surface area contributed by atoms with Gasteiger partial charge in [0.05, 0.1) is 11.7 Å². The van der Waals surface area contributed by atoms with Crippen LogP contribution in [0.4, 0.5) is 16.2 Å². The van der Waals surface area contributed by atoms with E-state index in [2.05, 4.69) is 44.3 Å². The van der Waals surface area contributed by atoms with Gasteiger partial charge in [0.1, 0.15) is 5.60 Å². The maximum atomic E-state index is 13.2. The van der Waals surface area contributed by atoms with Crippen LogP contribution in [0, 0.1) is 19.3 Å². The fourth-order valence-corrected chi connectivity index (χ4v) is 4.24. The number of hydrogen-bond acceptors (Lipinski definition) is 3. The van der Waals surface area contributed by atoms with E-state index < -0.39 is 5.60 Å². The van der Waals surface area contributed by atoms with Gasteiger partial charge in [-0.05, 0) is 74.8 Å². The topological polar surface area (TPSA) is 58.6 Å².